The van der Waals surface area contributed by atoms with Crippen molar-refractivity contribution < 1.29 is 23.1 Å². The Morgan fingerprint density at radius 1 is 1.10 bits per heavy atom. The third kappa shape index (κ3) is 4.09. The van der Waals surface area contributed by atoms with Crippen LogP contribution in [-0.2, 0) is 4.79 Å². The number of allylic oxidation sites excluding steroid dienone is 1. The van der Waals surface area contributed by atoms with Gasteiger partial charge in [0.2, 0.25) is 0 Å². The number of aliphatic hydroxyl groups excluding tert-OH is 1. The second-order valence-corrected chi connectivity index (χ2v) is 5.35. The number of hydrogen-bond acceptors (Lipinski definition) is 2. The van der Waals surface area contributed by atoms with E-state index in [1.54, 1.807) is 12.1 Å². The lowest BCUT2D eigenvalue weighted by Gasteiger charge is -2.22. The lowest BCUT2D eigenvalue weighted by molar-refractivity contribution is -0.165. The quantitative estimate of drug-likeness (QED) is 0.645. The van der Waals surface area contributed by atoms with Crippen LogP contribution in [0.3, 0.4) is 0 Å². The minimum atomic E-state index is -4.96. The summed E-state index contributed by atoms with van der Waals surface area (Å²) in [5.74, 6) is -2.24. The third-order valence-electron chi connectivity index (χ3n) is 3.83. The summed E-state index contributed by atoms with van der Waals surface area (Å²) in [4.78, 5) is 10.8. The van der Waals surface area contributed by atoms with Crippen molar-refractivity contribution >= 4 is 11.5 Å². The maximum absolute atomic E-state index is 12.1. The predicted octanol–water partition coefficient (Wildman–Crippen LogP) is 4.76. The van der Waals surface area contributed by atoms with Gasteiger partial charge in [0.1, 0.15) is 5.76 Å². The highest BCUT2D eigenvalue weighted by Gasteiger charge is 2.37. The van der Waals surface area contributed by atoms with Gasteiger partial charge in [0, 0.05) is 11.6 Å². The van der Waals surface area contributed by atoms with Crippen LogP contribution in [0.15, 0.2) is 30.3 Å². The van der Waals surface area contributed by atoms with Gasteiger partial charge in [-0.15, -0.1) is 0 Å². The highest BCUT2D eigenvalue weighted by atomic mass is 19.4. The Kier molecular flexibility index (Phi) is 4.70. The van der Waals surface area contributed by atoms with Crippen LogP contribution in [0.4, 0.5) is 13.2 Å². The van der Waals surface area contributed by atoms with E-state index in [9.17, 15) is 23.1 Å². The van der Waals surface area contributed by atoms with Crippen LogP contribution in [0.2, 0.25) is 0 Å². The molecule has 0 unspecified atom stereocenters. The normalized spacial score (nSPS) is 17.8. The zero-order chi connectivity index (χ0) is 15.5. The van der Waals surface area contributed by atoms with Gasteiger partial charge in [0.25, 0.3) is 5.78 Å². The zero-order valence-electron chi connectivity index (χ0n) is 11.5. The fourth-order valence-electron chi connectivity index (χ4n) is 2.65. The average molecular weight is 298 g/mol. The molecule has 0 aliphatic heterocycles. The second-order valence-electron chi connectivity index (χ2n) is 5.35. The molecule has 1 aliphatic rings. The highest BCUT2D eigenvalue weighted by molar-refractivity contribution is 5.99. The standard InChI is InChI=1S/C16H17F3O2/c17-16(18,19)15(21)10-14(20)13-8-6-12(7-9-13)11-4-2-1-3-5-11/h6-11,20H,1-5H2. The van der Waals surface area contributed by atoms with E-state index in [0.717, 1.165) is 18.4 Å². The monoisotopic (exact) mass is 298 g/mol. The van der Waals surface area contributed by atoms with E-state index in [1.165, 1.54) is 19.3 Å². The van der Waals surface area contributed by atoms with Crippen LogP contribution >= 0.6 is 0 Å². The fourth-order valence-corrected chi connectivity index (χ4v) is 2.65. The molecule has 1 saturated carbocycles. The molecule has 1 fully saturated rings. The Labute approximate surface area is 121 Å². The van der Waals surface area contributed by atoms with Gasteiger partial charge in [-0.2, -0.15) is 13.2 Å². The summed E-state index contributed by atoms with van der Waals surface area (Å²) in [7, 11) is 0. The van der Waals surface area contributed by atoms with Crippen LogP contribution in [0, 0.1) is 0 Å². The summed E-state index contributed by atoms with van der Waals surface area (Å²) in [5, 5.41) is 9.60. The molecule has 0 radical (unpaired) electrons. The van der Waals surface area contributed by atoms with Crippen molar-refractivity contribution in [2.24, 2.45) is 0 Å². The number of aliphatic hydroxyl groups is 1. The number of rotatable bonds is 3. The van der Waals surface area contributed by atoms with Gasteiger partial charge in [-0.3, -0.25) is 4.79 Å². The fraction of sp³-hybridized carbons (Fsp3) is 0.438. The molecule has 0 saturated heterocycles. The van der Waals surface area contributed by atoms with Crippen molar-refractivity contribution in [2.45, 2.75) is 44.2 Å². The summed E-state index contributed by atoms with van der Waals surface area (Å²) in [5.41, 5.74) is 1.35. The molecule has 0 atom stereocenters. The SMILES string of the molecule is O=C(C=C(O)c1ccc(C2CCCCC2)cc1)C(F)(F)F. The van der Waals surface area contributed by atoms with Gasteiger partial charge in [0.15, 0.2) is 0 Å². The first-order valence-electron chi connectivity index (χ1n) is 7.00. The molecule has 0 aromatic heterocycles. The smallest absolute Gasteiger partial charge is 0.454 e. The van der Waals surface area contributed by atoms with Gasteiger partial charge < -0.3 is 5.11 Å². The lowest BCUT2D eigenvalue weighted by Crippen LogP contribution is -2.20. The zero-order valence-corrected chi connectivity index (χ0v) is 11.5. The molecule has 0 bridgehead atoms. The topological polar surface area (TPSA) is 37.3 Å². The molecule has 1 aliphatic carbocycles. The predicted molar refractivity (Wildman–Crippen MR) is 73.9 cm³/mol. The highest BCUT2D eigenvalue weighted by Crippen LogP contribution is 2.33. The van der Waals surface area contributed by atoms with Gasteiger partial charge in [-0.1, -0.05) is 43.5 Å². The van der Waals surface area contributed by atoms with Crippen molar-refractivity contribution in [3.8, 4) is 0 Å². The van der Waals surface area contributed by atoms with E-state index >= 15 is 0 Å². The summed E-state index contributed by atoms with van der Waals surface area (Å²) in [6.45, 7) is 0. The van der Waals surface area contributed by atoms with Gasteiger partial charge >= 0.3 is 6.18 Å². The van der Waals surface area contributed by atoms with E-state index in [0.29, 0.717) is 5.92 Å². The summed E-state index contributed by atoms with van der Waals surface area (Å²) >= 11 is 0. The van der Waals surface area contributed by atoms with Crippen molar-refractivity contribution in [2.75, 3.05) is 0 Å². The van der Waals surface area contributed by atoms with Gasteiger partial charge in [0.05, 0.1) is 0 Å². The third-order valence-corrected chi connectivity index (χ3v) is 3.83. The van der Waals surface area contributed by atoms with Crippen LogP contribution in [0.25, 0.3) is 5.76 Å². The first-order valence-corrected chi connectivity index (χ1v) is 7.00. The molecular weight excluding hydrogens is 281 g/mol. The molecule has 1 aromatic rings. The molecule has 1 aromatic carbocycles. The van der Waals surface area contributed by atoms with Crippen LogP contribution in [-0.4, -0.2) is 17.1 Å². The largest absolute Gasteiger partial charge is 0.507 e. The molecule has 21 heavy (non-hydrogen) atoms. The molecule has 1 N–H and O–H groups in total. The molecule has 114 valence electrons. The first kappa shape index (κ1) is 15.6. The molecule has 0 spiro atoms. The molecular formula is C16H17F3O2. The molecule has 2 nitrogen and oxygen atoms in total. The van der Waals surface area contributed by atoms with E-state index in [-0.39, 0.29) is 11.6 Å². The van der Waals surface area contributed by atoms with Crippen molar-refractivity contribution in [3.63, 3.8) is 0 Å². The number of carbonyl (C=O) groups excluding carboxylic acids is 1. The van der Waals surface area contributed by atoms with E-state index in [4.69, 9.17) is 0 Å². The first-order chi connectivity index (χ1) is 9.88. The number of ketones is 1. The second kappa shape index (κ2) is 6.33. The molecule has 5 heteroatoms. The Morgan fingerprint density at radius 2 is 1.67 bits per heavy atom. The summed E-state index contributed by atoms with van der Waals surface area (Å²) < 4.78 is 36.4. The minimum Gasteiger partial charge on any atom is -0.507 e. The van der Waals surface area contributed by atoms with Gasteiger partial charge in [-0.05, 0) is 24.3 Å². The number of carbonyl (C=O) groups is 1. The van der Waals surface area contributed by atoms with Crippen molar-refractivity contribution in [1.29, 1.82) is 0 Å². The Balaban J connectivity index is 2.11. The number of benzene rings is 1. The number of hydrogen-bond donors (Lipinski definition) is 1. The molecule has 0 heterocycles. The maximum atomic E-state index is 12.1. The summed E-state index contributed by atoms with van der Waals surface area (Å²) in [6.07, 6.45) is 1.13. The van der Waals surface area contributed by atoms with Crippen LogP contribution in [0.5, 0.6) is 0 Å². The number of halogens is 3. The molecule has 2 rings (SSSR count). The lowest BCUT2D eigenvalue weighted by atomic mass is 9.84. The van der Waals surface area contributed by atoms with E-state index in [2.05, 4.69) is 0 Å². The Morgan fingerprint density at radius 3 is 2.19 bits per heavy atom. The number of alkyl halides is 3. The van der Waals surface area contributed by atoms with Crippen molar-refractivity contribution in [3.05, 3.63) is 41.5 Å². The van der Waals surface area contributed by atoms with Crippen molar-refractivity contribution in [1.82, 2.24) is 0 Å². The minimum absolute atomic E-state index is 0.215. The van der Waals surface area contributed by atoms with Crippen LogP contribution in [0.1, 0.15) is 49.1 Å². The van der Waals surface area contributed by atoms with Crippen LogP contribution < -0.4 is 0 Å². The van der Waals surface area contributed by atoms with E-state index < -0.39 is 17.7 Å². The maximum Gasteiger partial charge on any atom is 0.454 e. The molecule has 0 amide bonds. The average Bonchev–Trinajstić information content (AvgIpc) is 2.47. The van der Waals surface area contributed by atoms with E-state index in [1.807, 2.05) is 12.1 Å². The summed E-state index contributed by atoms with van der Waals surface area (Å²) in [6, 6.07) is 6.74. The Bertz CT molecular complexity index is 523. The Hall–Kier alpha value is -1.78. The van der Waals surface area contributed by atoms with Gasteiger partial charge in [-0.25, -0.2) is 0 Å².